The molecular formula is C17H27N3O2. The molecule has 2 rings (SSSR count). The second kappa shape index (κ2) is 7.09. The van der Waals surface area contributed by atoms with Crippen LogP contribution < -0.4 is 5.32 Å². The van der Waals surface area contributed by atoms with Crippen molar-refractivity contribution in [1.82, 2.24) is 9.88 Å². The van der Waals surface area contributed by atoms with Crippen molar-refractivity contribution in [2.24, 2.45) is 0 Å². The lowest BCUT2D eigenvalue weighted by Crippen LogP contribution is -2.33. The molecule has 2 heterocycles. The number of rotatable bonds is 3. The Labute approximate surface area is 133 Å². The summed E-state index contributed by atoms with van der Waals surface area (Å²) >= 11 is 0. The normalized spacial score (nSPS) is 19.7. The predicted octanol–water partition coefficient (Wildman–Crippen LogP) is 3.98. The molecule has 1 aromatic heterocycles. The molecule has 5 heteroatoms. The van der Waals surface area contributed by atoms with Crippen LogP contribution in [0.5, 0.6) is 0 Å². The third-order valence-electron chi connectivity index (χ3n) is 3.82. The lowest BCUT2D eigenvalue weighted by atomic mass is 9.96. The highest BCUT2D eigenvalue weighted by Crippen LogP contribution is 2.30. The number of hydrogen-bond donors (Lipinski definition) is 1. The minimum Gasteiger partial charge on any atom is -0.444 e. The quantitative estimate of drug-likeness (QED) is 0.918. The molecule has 0 bridgehead atoms. The van der Waals surface area contributed by atoms with E-state index in [1.807, 2.05) is 33.0 Å². The Morgan fingerprint density at radius 1 is 1.41 bits per heavy atom. The van der Waals surface area contributed by atoms with E-state index in [4.69, 9.17) is 4.74 Å². The van der Waals surface area contributed by atoms with Gasteiger partial charge in [-0.05, 0) is 58.3 Å². The molecule has 1 aliphatic heterocycles. The number of ether oxygens (including phenoxy) is 1. The van der Waals surface area contributed by atoms with Gasteiger partial charge in [0.05, 0.1) is 0 Å². The van der Waals surface area contributed by atoms with Crippen molar-refractivity contribution in [2.75, 3.05) is 18.4 Å². The summed E-state index contributed by atoms with van der Waals surface area (Å²) < 4.78 is 5.22. The smallest absolute Gasteiger partial charge is 0.413 e. The van der Waals surface area contributed by atoms with Gasteiger partial charge >= 0.3 is 6.09 Å². The molecule has 0 spiro atoms. The second-order valence-corrected chi connectivity index (χ2v) is 6.74. The molecule has 1 fully saturated rings. The lowest BCUT2D eigenvalue weighted by molar-refractivity contribution is 0.0635. The Kier molecular flexibility index (Phi) is 5.40. The first-order valence-corrected chi connectivity index (χ1v) is 8.09. The number of nitrogens with one attached hydrogen (secondary N) is 1. The average molecular weight is 305 g/mol. The number of hydrogen-bond acceptors (Lipinski definition) is 4. The third kappa shape index (κ3) is 4.70. The van der Waals surface area contributed by atoms with Crippen molar-refractivity contribution in [3.63, 3.8) is 0 Å². The lowest BCUT2D eigenvalue weighted by Gasteiger charge is -2.35. The van der Waals surface area contributed by atoms with E-state index >= 15 is 0 Å². The molecule has 0 unspecified atom stereocenters. The summed E-state index contributed by atoms with van der Waals surface area (Å²) in [5.74, 6) is 0.525. The van der Waals surface area contributed by atoms with Crippen LogP contribution in [-0.2, 0) is 4.74 Å². The minimum absolute atomic E-state index is 0.446. The van der Waals surface area contributed by atoms with Crippen LogP contribution in [0, 0.1) is 0 Å². The summed E-state index contributed by atoms with van der Waals surface area (Å²) in [5, 5.41) is 2.67. The Balaban J connectivity index is 1.99. The van der Waals surface area contributed by atoms with E-state index in [-0.39, 0.29) is 0 Å². The summed E-state index contributed by atoms with van der Waals surface area (Å²) in [6.07, 6.45) is 5.11. The first kappa shape index (κ1) is 16.7. The van der Waals surface area contributed by atoms with Gasteiger partial charge in [0.25, 0.3) is 0 Å². The number of amides is 1. The molecule has 1 atom stereocenters. The predicted molar refractivity (Wildman–Crippen MR) is 87.9 cm³/mol. The van der Waals surface area contributed by atoms with Gasteiger partial charge in [0.15, 0.2) is 0 Å². The molecule has 1 amide bonds. The standard InChI is InChI=1S/C17H27N3O2/c1-5-20-11-7-6-8-14(20)13-9-10-15(18-12-13)19-16(21)22-17(2,3)4/h9-10,12,14H,5-8,11H2,1-4H3,(H,18,19,21)/t14-/m1/s1. The SMILES string of the molecule is CCN1CCCC[C@@H]1c1ccc(NC(=O)OC(C)(C)C)nc1. The fourth-order valence-electron chi connectivity index (χ4n) is 2.83. The summed E-state index contributed by atoms with van der Waals surface area (Å²) in [7, 11) is 0. The van der Waals surface area contributed by atoms with Gasteiger partial charge in [0.1, 0.15) is 11.4 Å². The summed E-state index contributed by atoms with van der Waals surface area (Å²) in [6.45, 7) is 9.92. The monoisotopic (exact) mass is 305 g/mol. The Hall–Kier alpha value is -1.62. The van der Waals surface area contributed by atoms with Gasteiger partial charge < -0.3 is 4.74 Å². The van der Waals surface area contributed by atoms with Gasteiger partial charge in [-0.15, -0.1) is 0 Å². The zero-order valence-corrected chi connectivity index (χ0v) is 14.1. The minimum atomic E-state index is -0.506. The van der Waals surface area contributed by atoms with Gasteiger partial charge in [-0.25, -0.2) is 9.78 Å². The number of anilines is 1. The highest BCUT2D eigenvalue weighted by molar-refractivity contribution is 5.83. The van der Waals surface area contributed by atoms with Crippen molar-refractivity contribution >= 4 is 11.9 Å². The molecule has 0 aromatic carbocycles. The summed E-state index contributed by atoms with van der Waals surface area (Å²) in [4.78, 5) is 18.6. The molecule has 1 aromatic rings. The third-order valence-corrected chi connectivity index (χ3v) is 3.82. The van der Waals surface area contributed by atoms with Crippen LogP contribution in [0.25, 0.3) is 0 Å². The van der Waals surface area contributed by atoms with Gasteiger partial charge in [-0.3, -0.25) is 10.2 Å². The molecule has 5 nitrogen and oxygen atoms in total. The number of likely N-dealkylation sites (tertiary alicyclic amines) is 1. The zero-order valence-electron chi connectivity index (χ0n) is 14.1. The van der Waals surface area contributed by atoms with Crippen molar-refractivity contribution < 1.29 is 9.53 Å². The maximum absolute atomic E-state index is 11.7. The zero-order chi connectivity index (χ0) is 16.2. The Bertz CT molecular complexity index is 494. The van der Waals surface area contributed by atoms with Crippen molar-refractivity contribution in [3.05, 3.63) is 23.9 Å². The van der Waals surface area contributed by atoms with Gasteiger partial charge in [-0.2, -0.15) is 0 Å². The first-order valence-electron chi connectivity index (χ1n) is 8.09. The van der Waals surface area contributed by atoms with Crippen LogP contribution in [0.1, 0.15) is 58.6 Å². The average Bonchev–Trinajstić information content (AvgIpc) is 2.46. The number of carbonyl (C=O) groups is 1. The van der Waals surface area contributed by atoms with E-state index in [9.17, 15) is 4.79 Å². The van der Waals surface area contributed by atoms with Crippen LogP contribution in [0.3, 0.4) is 0 Å². The fraction of sp³-hybridized carbons (Fsp3) is 0.647. The number of pyridine rings is 1. The molecule has 0 saturated carbocycles. The molecule has 0 radical (unpaired) electrons. The molecular weight excluding hydrogens is 278 g/mol. The van der Waals surface area contributed by atoms with Crippen molar-refractivity contribution in [2.45, 2.75) is 58.6 Å². The number of piperidine rings is 1. The first-order chi connectivity index (χ1) is 10.4. The number of nitrogens with zero attached hydrogens (tertiary/aromatic N) is 2. The number of aromatic nitrogens is 1. The second-order valence-electron chi connectivity index (χ2n) is 6.74. The van der Waals surface area contributed by atoms with Crippen LogP contribution in [0.15, 0.2) is 18.3 Å². The highest BCUT2D eigenvalue weighted by Gasteiger charge is 2.23. The van der Waals surface area contributed by atoms with Crippen molar-refractivity contribution in [1.29, 1.82) is 0 Å². The van der Waals surface area contributed by atoms with Gasteiger partial charge in [0.2, 0.25) is 0 Å². The van der Waals surface area contributed by atoms with Crippen LogP contribution in [0.4, 0.5) is 10.6 Å². The van der Waals surface area contributed by atoms with Crippen LogP contribution in [0.2, 0.25) is 0 Å². The van der Waals surface area contributed by atoms with E-state index in [1.54, 1.807) is 0 Å². The molecule has 122 valence electrons. The van der Waals surface area contributed by atoms with Crippen LogP contribution >= 0.6 is 0 Å². The largest absolute Gasteiger partial charge is 0.444 e. The molecule has 22 heavy (non-hydrogen) atoms. The number of carbonyl (C=O) groups excluding carboxylic acids is 1. The topological polar surface area (TPSA) is 54.5 Å². The fourth-order valence-corrected chi connectivity index (χ4v) is 2.83. The van der Waals surface area contributed by atoms with E-state index in [0.29, 0.717) is 11.9 Å². The van der Waals surface area contributed by atoms with Gasteiger partial charge in [0, 0.05) is 12.2 Å². The van der Waals surface area contributed by atoms with Crippen molar-refractivity contribution in [3.8, 4) is 0 Å². The molecule has 1 aliphatic rings. The van der Waals surface area contributed by atoms with E-state index in [2.05, 4.69) is 28.2 Å². The van der Waals surface area contributed by atoms with E-state index < -0.39 is 11.7 Å². The van der Waals surface area contributed by atoms with E-state index in [0.717, 1.165) is 13.1 Å². The molecule has 0 aliphatic carbocycles. The molecule has 1 saturated heterocycles. The van der Waals surface area contributed by atoms with Crippen LogP contribution in [-0.4, -0.2) is 34.7 Å². The Morgan fingerprint density at radius 2 is 2.18 bits per heavy atom. The maximum atomic E-state index is 11.7. The maximum Gasteiger partial charge on any atom is 0.413 e. The summed E-state index contributed by atoms with van der Waals surface area (Å²) in [5.41, 5.74) is 0.713. The van der Waals surface area contributed by atoms with Gasteiger partial charge in [-0.1, -0.05) is 19.4 Å². The highest BCUT2D eigenvalue weighted by atomic mass is 16.6. The summed E-state index contributed by atoms with van der Waals surface area (Å²) in [6, 6.07) is 4.35. The van der Waals surface area contributed by atoms with E-state index in [1.165, 1.54) is 24.8 Å². The Morgan fingerprint density at radius 3 is 2.77 bits per heavy atom. The molecule has 1 N–H and O–H groups in total.